The number of hydrogen-bond donors (Lipinski definition) is 1. The van der Waals surface area contributed by atoms with Crippen molar-refractivity contribution in [3.05, 3.63) is 51.7 Å². The van der Waals surface area contributed by atoms with Crippen LogP contribution in [0.5, 0.6) is 0 Å². The summed E-state index contributed by atoms with van der Waals surface area (Å²) in [6.07, 6.45) is 6.39. The summed E-state index contributed by atoms with van der Waals surface area (Å²) >= 11 is 1.46. The number of thiophene rings is 1. The maximum absolute atomic E-state index is 13.7. The highest BCUT2D eigenvalue weighted by Crippen LogP contribution is 2.36. The molecule has 1 amide bonds. The molecule has 1 aromatic heterocycles. The van der Waals surface area contributed by atoms with Crippen LogP contribution in [0, 0.1) is 17.1 Å². The molecule has 0 fully saturated rings. The van der Waals surface area contributed by atoms with Gasteiger partial charge in [-0.25, -0.2) is 4.39 Å². The molecule has 0 spiro atoms. The van der Waals surface area contributed by atoms with E-state index < -0.39 is 11.7 Å². The topological polar surface area (TPSA) is 52.9 Å². The molecule has 1 aromatic carbocycles. The third-order valence-corrected chi connectivity index (χ3v) is 5.34. The predicted molar refractivity (Wildman–Crippen MR) is 89.3 cm³/mol. The van der Waals surface area contributed by atoms with Crippen LogP contribution in [-0.2, 0) is 12.8 Å². The zero-order chi connectivity index (χ0) is 16.2. The summed E-state index contributed by atoms with van der Waals surface area (Å²) in [4.78, 5) is 13.5. The van der Waals surface area contributed by atoms with Gasteiger partial charge in [0.05, 0.1) is 11.1 Å². The summed E-state index contributed by atoms with van der Waals surface area (Å²) < 4.78 is 13.7. The molecule has 1 N–H and O–H groups in total. The normalized spacial score (nSPS) is 14.3. The molecule has 0 saturated carbocycles. The van der Waals surface area contributed by atoms with Crippen LogP contribution < -0.4 is 5.32 Å². The Hall–Kier alpha value is -2.19. The highest BCUT2D eigenvalue weighted by Gasteiger charge is 2.21. The van der Waals surface area contributed by atoms with Crippen molar-refractivity contribution in [2.45, 2.75) is 38.5 Å². The number of carbonyl (C=O) groups is 1. The Morgan fingerprint density at radius 2 is 1.91 bits per heavy atom. The van der Waals surface area contributed by atoms with Gasteiger partial charge in [0.1, 0.15) is 16.9 Å². The SMILES string of the molecule is N#Cc1c(NC(=O)c2ccccc2F)sc2c1CCCCCC2. The van der Waals surface area contributed by atoms with E-state index >= 15 is 0 Å². The summed E-state index contributed by atoms with van der Waals surface area (Å²) in [6, 6.07) is 8.10. The zero-order valence-electron chi connectivity index (χ0n) is 12.7. The van der Waals surface area contributed by atoms with Gasteiger partial charge < -0.3 is 5.32 Å². The fourth-order valence-electron chi connectivity index (χ4n) is 2.94. The number of nitrogens with one attached hydrogen (secondary N) is 1. The molecule has 0 aliphatic heterocycles. The molecule has 2 aromatic rings. The van der Waals surface area contributed by atoms with Crippen molar-refractivity contribution in [3.63, 3.8) is 0 Å². The number of hydrogen-bond acceptors (Lipinski definition) is 3. The van der Waals surface area contributed by atoms with Crippen molar-refractivity contribution in [2.24, 2.45) is 0 Å². The van der Waals surface area contributed by atoms with Crippen molar-refractivity contribution < 1.29 is 9.18 Å². The molecular formula is C18H17FN2OS. The summed E-state index contributed by atoms with van der Waals surface area (Å²) in [5.74, 6) is -1.06. The maximum Gasteiger partial charge on any atom is 0.259 e. The van der Waals surface area contributed by atoms with E-state index in [1.807, 2.05) is 0 Å². The van der Waals surface area contributed by atoms with Crippen LogP contribution in [0.1, 0.15) is 52.0 Å². The van der Waals surface area contributed by atoms with Gasteiger partial charge in [0.2, 0.25) is 0 Å². The molecule has 118 valence electrons. The Kier molecular flexibility index (Phi) is 4.73. The smallest absolute Gasteiger partial charge is 0.259 e. The van der Waals surface area contributed by atoms with E-state index in [0.29, 0.717) is 10.6 Å². The molecule has 3 rings (SSSR count). The Balaban J connectivity index is 1.91. The Labute approximate surface area is 138 Å². The van der Waals surface area contributed by atoms with Gasteiger partial charge in [-0.15, -0.1) is 11.3 Å². The fraction of sp³-hybridized carbons (Fsp3) is 0.333. The third kappa shape index (κ3) is 3.27. The van der Waals surface area contributed by atoms with Crippen LogP contribution in [0.25, 0.3) is 0 Å². The molecule has 1 aliphatic carbocycles. The lowest BCUT2D eigenvalue weighted by atomic mass is 9.97. The van der Waals surface area contributed by atoms with Crippen molar-refractivity contribution in [2.75, 3.05) is 5.32 Å². The first-order valence-electron chi connectivity index (χ1n) is 7.81. The molecule has 0 unspecified atom stereocenters. The highest BCUT2D eigenvalue weighted by molar-refractivity contribution is 7.16. The largest absolute Gasteiger partial charge is 0.312 e. The Morgan fingerprint density at radius 1 is 1.17 bits per heavy atom. The fourth-order valence-corrected chi connectivity index (χ4v) is 4.18. The monoisotopic (exact) mass is 328 g/mol. The average Bonchev–Trinajstić information content (AvgIpc) is 2.83. The number of carbonyl (C=O) groups excluding carboxylic acids is 1. The van der Waals surface area contributed by atoms with Crippen molar-refractivity contribution in [1.82, 2.24) is 0 Å². The standard InChI is InChI=1S/C18H17FN2OS/c19-15-9-6-5-8-13(15)17(22)21-18-14(11-20)12-7-3-1-2-4-10-16(12)23-18/h5-6,8-9H,1-4,7,10H2,(H,21,22). The van der Waals surface area contributed by atoms with E-state index in [-0.39, 0.29) is 5.56 Å². The highest BCUT2D eigenvalue weighted by atomic mass is 32.1. The molecular weight excluding hydrogens is 311 g/mol. The third-order valence-electron chi connectivity index (χ3n) is 4.13. The minimum Gasteiger partial charge on any atom is -0.312 e. The molecule has 3 nitrogen and oxygen atoms in total. The van der Waals surface area contributed by atoms with E-state index in [0.717, 1.165) is 31.2 Å². The number of amides is 1. The summed E-state index contributed by atoms with van der Waals surface area (Å²) in [7, 11) is 0. The van der Waals surface area contributed by atoms with Crippen molar-refractivity contribution in [1.29, 1.82) is 5.26 Å². The van der Waals surface area contributed by atoms with Gasteiger partial charge in [-0.1, -0.05) is 25.0 Å². The minimum atomic E-state index is -0.557. The van der Waals surface area contributed by atoms with Crippen LogP contribution in [0.4, 0.5) is 9.39 Å². The van der Waals surface area contributed by atoms with Crippen LogP contribution in [-0.4, -0.2) is 5.91 Å². The summed E-state index contributed by atoms with van der Waals surface area (Å²) in [5.41, 5.74) is 1.62. The number of benzene rings is 1. The number of aryl methyl sites for hydroxylation is 1. The maximum atomic E-state index is 13.7. The van der Waals surface area contributed by atoms with Gasteiger partial charge in [-0.05, 0) is 43.4 Å². The summed E-state index contributed by atoms with van der Waals surface area (Å²) in [5, 5.41) is 12.8. The van der Waals surface area contributed by atoms with Gasteiger partial charge in [0.15, 0.2) is 0 Å². The lowest BCUT2D eigenvalue weighted by Gasteiger charge is -2.08. The first kappa shape index (κ1) is 15.7. The van der Waals surface area contributed by atoms with E-state index in [9.17, 15) is 14.4 Å². The van der Waals surface area contributed by atoms with Gasteiger partial charge in [-0.2, -0.15) is 5.26 Å². The molecule has 1 aliphatic rings. The molecule has 1 heterocycles. The number of anilines is 1. The summed E-state index contributed by atoms with van der Waals surface area (Å²) in [6.45, 7) is 0. The average molecular weight is 328 g/mol. The number of fused-ring (bicyclic) bond motifs is 1. The van der Waals surface area contributed by atoms with Crippen molar-refractivity contribution >= 4 is 22.2 Å². The van der Waals surface area contributed by atoms with Crippen LogP contribution in [0.15, 0.2) is 24.3 Å². The lowest BCUT2D eigenvalue weighted by Crippen LogP contribution is -2.13. The van der Waals surface area contributed by atoms with Gasteiger partial charge in [0.25, 0.3) is 5.91 Å². The van der Waals surface area contributed by atoms with E-state index in [2.05, 4.69) is 11.4 Å². The molecule has 0 saturated heterocycles. The van der Waals surface area contributed by atoms with Crippen LogP contribution >= 0.6 is 11.3 Å². The number of nitriles is 1. The zero-order valence-corrected chi connectivity index (χ0v) is 13.5. The molecule has 0 radical (unpaired) electrons. The molecule has 23 heavy (non-hydrogen) atoms. The first-order valence-corrected chi connectivity index (χ1v) is 8.63. The predicted octanol–water partition coefficient (Wildman–Crippen LogP) is 4.67. The van der Waals surface area contributed by atoms with E-state index in [4.69, 9.17) is 0 Å². The quantitative estimate of drug-likeness (QED) is 0.871. The lowest BCUT2D eigenvalue weighted by molar-refractivity contribution is 0.102. The molecule has 5 heteroatoms. The van der Waals surface area contributed by atoms with E-state index in [1.165, 1.54) is 41.2 Å². The second-order valence-corrected chi connectivity index (χ2v) is 6.77. The minimum absolute atomic E-state index is 0.00259. The first-order chi connectivity index (χ1) is 11.2. The van der Waals surface area contributed by atoms with Crippen molar-refractivity contribution in [3.8, 4) is 6.07 Å². The van der Waals surface area contributed by atoms with E-state index in [1.54, 1.807) is 12.1 Å². The van der Waals surface area contributed by atoms with Gasteiger partial charge in [-0.3, -0.25) is 4.79 Å². The van der Waals surface area contributed by atoms with Gasteiger partial charge in [0, 0.05) is 4.88 Å². The Bertz CT molecular complexity index is 776. The molecule has 0 atom stereocenters. The number of halogens is 1. The van der Waals surface area contributed by atoms with Crippen LogP contribution in [0.3, 0.4) is 0 Å². The molecule has 0 bridgehead atoms. The second kappa shape index (κ2) is 6.93. The number of rotatable bonds is 2. The number of nitrogens with zero attached hydrogens (tertiary/aromatic N) is 1. The second-order valence-electron chi connectivity index (χ2n) is 5.67. The van der Waals surface area contributed by atoms with Gasteiger partial charge >= 0.3 is 0 Å². The van der Waals surface area contributed by atoms with Crippen LogP contribution in [0.2, 0.25) is 0 Å². The Morgan fingerprint density at radius 3 is 2.65 bits per heavy atom.